The van der Waals surface area contributed by atoms with Crippen LogP contribution in [0.4, 0.5) is 9.52 Å². The Morgan fingerprint density at radius 1 is 1.14 bits per heavy atom. The van der Waals surface area contributed by atoms with Gasteiger partial charge in [-0.3, -0.25) is 15.2 Å². The summed E-state index contributed by atoms with van der Waals surface area (Å²) in [6.45, 7) is 1.86. The van der Waals surface area contributed by atoms with Crippen molar-refractivity contribution >= 4 is 22.4 Å². The van der Waals surface area contributed by atoms with Crippen molar-refractivity contribution in [2.75, 3.05) is 5.32 Å². The summed E-state index contributed by atoms with van der Waals surface area (Å²) in [4.78, 5) is 18.1. The number of benzene rings is 2. The molecule has 0 saturated carbocycles. The number of carbonyl (C=O) groups excluding carboxylic acids is 1. The van der Waals surface area contributed by atoms with E-state index in [4.69, 9.17) is 0 Å². The molecular formula is C21H17FN4OS. The lowest BCUT2D eigenvalue weighted by Gasteiger charge is -2.03. The van der Waals surface area contributed by atoms with Crippen molar-refractivity contribution in [3.8, 4) is 11.3 Å². The van der Waals surface area contributed by atoms with Crippen LogP contribution in [0.2, 0.25) is 0 Å². The Balaban J connectivity index is 1.54. The third-order valence-electron chi connectivity index (χ3n) is 4.37. The van der Waals surface area contributed by atoms with Gasteiger partial charge < -0.3 is 0 Å². The van der Waals surface area contributed by atoms with Crippen LogP contribution in [0, 0.1) is 12.7 Å². The van der Waals surface area contributed by atoms with Gasteiger partial charge in [0.1, 0.15) is 5.82 Å². The van der Waals surface area contributed by atoms with Gasteiger partial charge in [-0.15, -0.1) is 11.3 Å². The second kappa shape index (κ2) is 7.74. The molecule has 7 heteroatoms. The molecule has 4 rings (SSSR count). The number of thiazole rings is 1. The van der Waals surface area contributed by atoms with Crippen LogP contribution in [0.15, 0.2) is 60.8 Å². The molecule has 0 aliphatic carbocycles. The van der Waals surface area contributed by atoms with E-state index in [1.807, 2.05) is 43.3 Å². The number of nitrogens with zero attached hydrogens (tertiary/aromatic N) is 2. The summed E-state index contributed by atoms with van der Waals surface area (Å²) in [5.41, 5.74) is 3.35. The SMILES string of the molecule is Cc1nc(NC(=O)c2cn[nH]c2-c2ccccc2)sc1Cc1ccccc1F. The lowest BCUT2D eigenvalue weighted by atomic mass is 10.1. The van der Waals surface area contributed by atoms with E-state index in [0.29, 0.717) is 28.4 Å². The first kappa shape index (κ1) is 18.1. The number of amides is 1. The number of aryl methyl sites for hydroxylation is 1. The van der Waals surface area contributed by atoms with E-state index in [9.17, 15) is 9.18 Å². The fraction of sp³-hybridized carbons (Fsp3) is 0.0952. The summed E-state index contributed by atoms with van der Waals surface area (Å²) in [7, 11) is 0. The molecule has 2 aromatic carbocycles. The summed E-state index contributed by atoms with van der Waals surface area (Å²) < 4.78 is 13.9. The molecule has 140 valence electrons. The first-order valence-electron chi connectivity index (χ1n) is 8.71. The molecule has 0 radical (unpaired) electrons. The highest BCUT2D eigenvalue weighted by Crippen LogP contribution is 2.27. The molecule has 2 heterocycles. The smallest absolute Gasteiger partial charge is 0.261 e. The molecular weight excluding hydrogens is 375 g/mol. The largest absolute Gasteiger partial charge is 0.298 e. The van der Waals surface area contributed by atoms with Crippen LogP contribution in [0.25, 0.3) is 11.3 Å². The van der Waals surface area contributed by atoms with Gasteiger partial charge in [0.05, 0.1) is 23.1 Å². The quantitative estimate of drug-likeness (QED) is 0.511. The number of H-pyrrole nitrogens is 1. The van der Waals surface area contributed by atoms with Crippen LogP contribution in [-0.4, -0.2) is 21.1 Å². The van der Waals surface area contributed by atoms with Crippen molar-refractivity contribution < 1.29 is 9.18 Å². The second-order valence-corrected chi connectivity index (χ2v) is 7.36. The topological polar surface area (TPSA) is 70.7 Å². The molecule has 1 amide bonds. The van der Waals surface area contributed by atoms with Crippen molar-refractivity contribution in [3.05, 3.63) is 88.3 Å². The average molecular weight is 392 g/mol. The van der Waals surface area contributed by atoms with E-state index in [-0.39, 0.29) is 11.7 Å². The second-order valence-electron chi connectivity index (χ2n) is 6.27. The number of hydrogen-bond acceptors (Lipinski definition) is 4. The minimum absolute atomic E-state index is 0.244. The zero-order valence-electron chi connectivity index (χ0n) is 15.1. The first-order chi connectivity index (χ1) is 13.6. The Hall–Kier alpha value is -3.32. The number of nitrogens with one attached hydrogen (secondary N) is 2. The van der Waals surface area contributed by atoms with Crippen molar-refractivity contribution in [3.63, 3.8) is 0 Å². The Bertz CT molecular complexity index is 1120. The van der Waals surface area contributed by atoms with Crippen LogP contribution >= 0.6 is 11.3 Å². The normalized spacial score (nSPS) is 10.8. The fourth-order valence-corrected chi connectivity index (χ4v) is 3.89. The van der Waals surface area contributed by atoms with Crippen LogP contribution in [0.1, 0.15) is 26.5 Å². The van der Waals surface area contributed by atoms with E-state index >= 15 is 0 Å². The van der Waals surface area contributed by atoms with E-state index in [0.717, 1.165) is 16.1 Å². The molecule has 0 aliphatic heterocycles. The number of aromatic amines is 1. The highest BCUT2D eigenvalue weighted by atomic mass is 32.1. The van der Waals surface area contributed by atoms with E-state index in [1.54, 1.807) is 12.1 Å². The minimum atomic E-state index is -0.293. The Kier molecular flexibility index (Phi) is 4.99. The van der Waals surface area contributed by atoms with Gasteiger partial charge in [-0.05, 0) is 18.6 Å². The summed E-state index contributed by atoms with van der Waals surface area (Å²) in [5, 5.41) is 10.2. The number of rotatable bonds is 5. The summed E-state index contributed by atoms with van der Waals surface area (Å²) in [5.74, 6) is -0.536. The van der Waals surface area contributed by atoms with Crippen molar-refractivity contribution in [2.24, 2.45) is 0 Å². The average Bonchev–Trinajstić information content (AvgIpc) is 3.31. The predicted molar refractivity (Wildman–Crippen MR) is 108 cm³/mol. The molecule has 0 fully saturated rings. The number of carbonyl (C=O) groups is 1. The van der Waals surface area contributed by atoms with Gasteiger partial charge in [0.15, 0.2) is 5.13 Å². The van der Waals surface area contributed by atoms with Gasteiger partial charge in [-0.25, -0.2) is 9.37 Å². The maximum atomic E-state index is 13.9. The maximum Gasteiger partial charge on any atom is 0.261 e. The first-order valence-corrected chi connectivity index (χ1v) is 9.53. The Morgan fingerprint density at radius 3 is 2.68 bits per heavy atom. The third-order valence-corrected chi connectivity index (χ3v) is 5.44. The van der Waals surface area contributed by atoms with Crippen LogP contribution in [0.5, 0.6) is 0 Å². The molecule has 28 heavy (non-hydrogen) atoms. The van der Waals surface area contributed by atoms with Crippen LogP contribution in [0.3, 0.4) is 0 Å². The fourth-order valence-electron chi connectivity index (χ4n) is 2.91. The van der Waals surface area contributed by atoms with E-state index < -0.39 is 0 Å². The zero-order chi connectivity index (χ0) is 19.5. The highest BCUT2D eigenvalue weighted by molar-refractivity contribution is 7.15. The number of halogens is 1. The van der Waals surface area contributed by atoms with Gasteiger partial charge in [0.2, 0.25) is 0 Å². The minimum Gasteiger partial charge on any atom is -0.298 e. The molecule has 2 N–H and O–H groups in total. The zero-order valence-corrected chi connectivity index (χ0v) is 15.9. The Labute approximate surface area is 165 Å². The van der Waals surface area contributed by atoms with Crippen molar-refractivity contribution in [1.29, 1.82) is 0 Å². The van der Waals surface area contributed by atoms with Gasteiger partial charge >= 0.3 is 0 Å². The van der Waals surface area contributed by atoms with Crippen LogP contribution in [-0.2, 0) is 6.42 Å². The van der Waals surface area contributed by atoms with E-state index in [2.05, 4.69) is 20.5 Å². The molecule has 0 saturated heterocycles. The van der Waals surface area contributed by atoms with Gasteiger partial charge in [0.25, 0.3) is 5.91 Å². The monoisotopic (exact) mass is 392 g/mol. The lowest BCUT2D eigenvalue weighted by Crippen LogP contribution is -2.12. The predicted octanol–water partition coefficient (Wildman–Crippen LogP) is 4.82. The number of anilines is 1. The molecule has 0 atom stereocenters. The van der Waals surface area contributed by atoms with Gasteiger partial charge in [-0.1, -0.05) is 48.5 Å². The molecule has 2 aromatic heterocycles. The molecule has 0 spiro atoms. The molecule has 0 unspecified atom stereocenters. The van der Waals surface area contributed by atoms with Crippen molar-refractivity contribution in [2.45, 2.75) is 13.3 Å². The van der Waals surface area contributed by atoms with Crippen molar-refractivity contribution in [1.82, 2.24) is 15.2 Å². The number of hydrogen-bond donors (Lipinski definition) is 2. The summed E-state index contributed by atoms with van der Waals surface area (Å²) >= 11 is 1.35. The van der Waals surface area contributed by atoms with Crippen LogP contribution < -0.4 is 5.32 Å². The third kappa shape index (κ3) is 3.70. The molecule has 0 aliphatic rings. The molecule has 0 bridgehead atoms. The highest BCUT2D eigenvalue weighted by Gasteiger charge is 2.18. The lowest BCUT2D eigenvalue weighted by molar-refractivity contribution is 0.102. The summed E-state index contributed by atoms with van der Waals surface area (Å²) in [6.07, 6.45) is 1.94. The summed E-state index contributed by atoms with van der Waals surface area (Å²) in [6, 6.07) is 16.2. The molecule has 4 aromatic rings. The van der Waals surface area contributed by atoms with Gasteiger partial charge in [-0.2, -0.15) is 5.10 Å². The molecule has 5 nitrogen and oxygen atoms in total. The standard InChI is InChI=1S/C21H17FN4OS/c1-13-18(11-15-9-5-6-10-17(15)22)28-21(24-13)25-20(27)16-12-23-26-19(16)14-7-3-2-4-8-14/h2-10,12H,11H2,1H3,(H,23,26)(H,24,25,27). The maximum absolute atomic E-state index is 13.9. The number of aromatic nitrogens is 3. The Morgan fingerprint density at radius 2 is 1.89 bits per heavy atom. The van der Waals surface area contributed by atoms with Gasteiger partial charge in [0, 0.05) is 16.9 Å². The van der Waals surface area contributed by atoms with E-state index in [1.165, 1.54) is 23.6 Å².